The van der Waals surface area contributed by atoms with Crippen molar-refractivity contribution >= 4 is 130 Å². The Hall–Kier alpha value is -9.71. The average Bonchev–Trinajstić information content (AvgIpc) is 1.64. The number of benzene rings is 12. The normalized spacial score (nSPS) is 11.1. The van der Waals surface area contributed by atoms with Crippen LogP contribution >= 0.6 is 0 Å². The van der Waals surface area contributed by atoms with Crippen LogP contribution < -0.4 is 24.8 Å². The third kappa shape index (κ3) is 10.2. The van der Waals surface area contributed by atoms with E-state index in [-0.39, 0.29) is 68.2 Å². The molecule has 0 amide bonds. The van der Waals surface area contributed by atoms with Crippen molar-refractivity contribution in [1.29, 1.82) is 0 Å². The van der Waals surface area contributed by atoms with E-state index >= 15 is 0 Å². The summed E-state index contributed by atoms with van der Waals surface area (Å²) in [6.07, 6.45) is 0. The number of hydrogen-bond donors (Lipinski definition) is 0. The summed E-state index contributed by atoms with van der Waals surface area (Å²) in [6, 6.07) is 121. The predicted octanol–water partition coefficient (Wildman–Crippen LogP) is 16.6. The molecule has 4 aromatic heterocycles. The Morgan fingerprint density at radius 2 is 0.337 bits per heavy atom. The smallest absolute Gasteiger partial charge is 1.00 e. The van der Waals surface area contributed by atoms with Crippen molar-refractivity contribution < 1.29 is 68.2 Å². The molecule has 92 heavy (non-hydrogen) atoms. The molecule has 0 aliphatic heterocycles. The first-order valence-corrected chi connectivity index (χ1v) is 30.3. The largest absolute Gasteiger partial charge is 2.00 e. The van der Waals surface area contributed by atoms with E-state index in [1.165, 1.54) is 153 Å². The number of fused-ring (bicyclic) bond motifs is 20. The fourth-order valence-corrected chi connectivity index (χ4v) is 14.1. The topological polar surface area (TPSA) is 19.7 Å². The molecule has 0 N–H and O–H groups in total. The summed E-state index contributed by atoms with van der Waals surface area (Å²) in [5.41, 5.74) is 15.1. The van der Waals surface area contributed by atoms with Gasteiger partial charge in [0.2, 0.25) is 0 Å². The predicted molar refractivity (Wildman–Crippen MR) is 376 cm³/mol. The molecule has 20 rings (SSSR count). The molecule has 0 saturated carbocycles. The van der Waals surface area contributed by atoms with Crippen LogP contribution in [0.2, 0.25) is 0 Å². The maximum Gasteiger partial charge on any atom is 2.00 e. The zero-order chi connectivity index (χ0) is 58.1. The molecule has 0 bridgehead atoms. The number of hydrogen-bond acceptors (Lipinski definition) is 0. The van der Waals surface area contributed by atoms with E-state index in [0.29, 0.717) is 0 Å². The van der Waals surface area contributed by atoms with Gasteiger partial charge in [-0.25, -0.2) is 0 Å². The Morgan fingerprint density at radius 3 is 0.543 bits per heavy atom. The minimum absolute atomic E-state index is 0. The summed E-state index contributed by atoms with van der Waals surface area (Å²) in [4.78, 5) is 0. The van der Waals surface area contributed by atoms with Gasteiger partial charge >= 0.3 is 43.4 Å². The van der Waals surface area contributed by atoms with Gasteiger partial charge in [0.25, 0.3) is 0 Å². The molecular formula is C84H56Cl2N4Ti2-2. The van der Waals surface area contributed by atoms with Gasteiger partial charge in [-0.3, -0.25) is 0 Å². The molecule has 8 heteroatoms. The first-order valence-electron chi connectivity index (χ1n) is 30.3. The van der Waals surface area contributed by atoms with Crippen molar-refractivity contribution in [3.8, 4) is 22.7 Å². The molecule has 436 valence electrons. The molecule has 20 aromatic rings. The van der Waals surface area contributed by atoms with Crippen LogP contribution in [0.25, 0.3) is 153 Å². The summed E-state index contributed by atoms with van der Waals surface area (Å²) in [5, 5.41) is 21.3. The van der Waals surface area contributed by atoms with Crippen LogP contribution in [-0.4, -0.2) is 18.3 Å². The van der Waals surface area contributed by atoms with Gasteiger partial charge in [-0.2, -0.15) is 0 Å². The third-order valence-corrected chi connectivity index (χ3v) is 17.8. The summed E-state index contributed by atoms with van der Waals surface area (Å²) in [6.45, 7) is 0. The molecule has 0 spiro atoms. The summed E-state index contributed by atoms with van der Waals surface area (Å²) in [5.74, 6) is 0. The molecule has 0 fully saturated rings. The van der Waals surface area contributed by atoms with Crippen molar-refractivity contribution in [2.75, 3.05) is 0 Å². The number of halogens is 2. The van der Waals surface area contributed by atoms with Gasteiger partial charge in [-0.1, -0.05) is 191 Å². The van der Waals surface area contributed by atoms with E-state index in [9.17, 15) is 0 Å². The summed E-state index contributed by atoms with van der Waals surface area (Å²) in [7, 11) is 0. The van der Waals surface area contributed by atoms with Crippen molar-refractivity contribution in [2.45, 2.75) is 0 Å². The fraction of sp³-hybridized carbons (Fsp3) is 0. The fourth-order valence-electron chi connectivity index (χ4n) is 14.1. The number of rotatable bonds is 4. The molecule has 0 atom stereocenters. The van der Waals surface area contributed by atoms with E-state index in [1.54, 1.807) is 0 Å². The first-order chi connectivity index (χ1) is 43.7. The monoisotopic (exact) mass is 1290 g/mol. The zero-order valence-electron chi connectivity index (χ0n) is 49.9. The van der Waals surface area contributed by atoms with E-state index < -0.39 is 0 Å². The average molecular weight is 1290 g/mol. The molecule has 16 aromatic carbocycles. The standard InChI is InChI=1S/4C21H14N.2ClH.2Ti/c4*1-2-9-16(10-3-1)22-19-13-7-6-12-18(19)21-17-11-5-4-8-15(17)14-20(21)22;;;;/h4*1-14H;2*1H;;/q4*-1;;;2*+2/p-2. The van der Waals surface area contributed by atoms with Crippen molar-refractivity contribution in [3.63, 3.8) is 0 Å². The summed E-state index contributed by atoms with van der Waals surface area (Å²) < 4.78 is 9.46. The number of aromatic nitrogens is 4. The van der Waals surface area contributed by atoms with Crippen LogP contribution in [-0.2, 0) is 43.4 Å². The quantitative estimate of drug-likeness (QED) is 0.124. The first kappa shape index (κ1) is 61.2. The second kappa shape index (κ2) is 25.9. The van der Waals surface area contributed by atoms with Crippen LogP contribution in [0.15, 0.2) is 340 Å². The van der Waals surface area contributed by atoms with Crippen molar-refractivity contribution in [1.82, 2.24) is 18.3 Å². The Labute approximate surface area is 574 Å². The molecule has 0 aliphatic carbocycles. The molecule has 0 radical (unpaired) electrons. The maximum atomic E-state index is 2.37. The molecule has 0 unspecified atom stereocenters. The number of nitrogens with zero attached hydrogens (tertiary/aromatic N) is 4. The van der Waals surface area contributed by atoms with Crippen LogP contribution in [0.3, 0.4) is 0 Å². The van der Waals surface area contributed by atoms with Gasteiger partial charge in [0.05, 0.1) is 0 Å². The van der Waals surface area contributed by atoms with Gasteiger partial charge < -0.3 is 43.1 Å². The zero-order valence-corrected chi connectivity index (χ0v) is 54.5. The minimum atomic E-state index is 0. The number of para-hydroxylation sites is 8. The van der Waals surface area contributed by atoms with E-state index in [1.807, 2.05) is 0 Å². The van der Waals surface area contributed by atoms with Crippen molar-refractivity contribution in [2.24, 2.45) is 0 Å². The third-order valence-electron chi connectivity index (χ3n) is 17.8. The molecular weight excluding hydrogens is 1230 g/mol. The van der Waals surface area contributed by atoms with Crippen LogP contribution in [0.4, 0.5) is 0 Å². The van der Waals surface area contributed by atoms with E-state index in [2.05, 4.69) is 358 Å². The van der Waals surface area contributed by atoms with Crippen molar-refractivity contribution in [3.05, 3.63) is 340 Å². The van der Waals surface area contributed by atoms with E-state index in [0.717, 1.165) is 0 Å². The van der Waals surface area contributed by atoms with Gasteiger partial charge in [0.15, 0.2) is 0 Å². The second-order valence-electron chi connectivity index (χ2n) is 22.7. The molecule has 4 heterocycles. The van der Waals surface area contributed by atoms with Gasteiger partial charge in [-0.05, 0) is 116 Å². The Balaban J connectivity index is 0.000000110. The van der Waals surface area contributed by atoms with Gasteiger partial charge in [0.1, 0.15) is 0 Å². The molecule has 0 aliphatic rings. The Morgan fingerprint density at radius 1 is 0.174 bits per heavy atom. The SMILES string of the molecule is [Cl-].[Cl-].[Ti+2].[Ti+2].c1ccc(-n2c3ccccc3c3c4ccccc4[cH-]c32)cc1.c1ccc(-n2c3ccccc3c3c4ccccc4[cH-]c32)cc1.c1ccc(-n2c3ccccc3c3c4ccccc4[cH-]c32)cc1.c1ccc(-n2c3ccccc3c3c4ccccc4[cH-]c32)cc1. The molecule has 4 nitrogen and oxygen atoms in total. The van der Waals surface area contributed by atoms with Crippen LogP contribution in [0, 0.1) is 0 Å². The maximum absolute atomic E-state index is 2.37. The van der Waals surface area contributed by atoms with Crippen LogP contribution in [0.5, 0.6) is 0 Å². The molecule has 0 saturated heterocycles. The minimum Gasteiger partial charge on any atom is -1.00 e. The van der Waals surface area contributed by atoms with Crippen LogP contribution in [0.1, 0.15) is 0 Å². The van der Waals surface area contributed by atoms with E-state index in [4.69, 9.17) is 0 Å². The van der Waals surface area contributed by atoms with Gasteiger partial charge in [0, 0.05) is 44.8 Å². The van der Waals surface area contributed by atoms with Gasteiger partial charge in [-0.15, -0.1) is 140 Å². The Kier molecular flexibility index (Phi) is 17.2. The Bertz CT molecular complexity index is 5200. The second-order valence-corrected chi connectivity index (χ2v) is 22.7. The summed E-state index contributed by atoms with van der Waals surface area (Å²) >= 11 is 0.